The average molecular weight is 603 g/mol. The predicted octanol–water partition coefficient (Wildman–Crippen LogP) is 8.30. The molecule has 0 N–H and O–H groups in total. The van der Waals surface area contributed by atoms with E-state index in [0.717, 1.165) is 22.9 Å². The van der Waals surface area contributed by atoms with Crippen LogP contribution < -0.4 is 9.47 Å². The summed E-state index contributed by atoms with van der Waals surface area (Å²) in [6.07, 6.45) is 7.93. The third-order valence-corrected chi connectivity index (χ3v) is 7.98. The number of benzene rings is 2. The normalized spacial score (nSPS) is 19.3. The Balaban J connectivity index is 0.000000176. The van der Waals surface area contributed by atoms with Crippen LogP contribution in [0.4, 0.5) is 11.4 Å². The molecule has 2 aromatic rings. The molecule has 4 aliphatic heterocycles. The van der Waals surface area contributed by atoms with Gasteiger partial charge in [-0.3, -0.25) is 0 Å². The topological polar surface area (TPSA) is 59.6 Å². The van der Waals surface area contributed by atoms with Gasteiger partial charge in [-0.25, -0.2) is 0 Å². The molecule has 0 radical (unpaired) electrons. The molecule has 0 amide bonds. The number of hydrogen-bond acceptors (Lipinski definition) is 8. The summed E-state index contributed by atoms with van der Waals surface area (Å²) in [7, 11) is 0. The first-order chi connectivity index (χ1) is 18.4. The molecule has 0 saturated carbocycles. The van der Waals surface area contributed by atoms with Crippen molar-refractivity contribution >= 4 is 35.3 Å². The number of para-hydroxylation sites is 4. The molecule has 8 nitrogen and oxygen atoms in total. The molecule has 0 atom stereocenters. The van der Waals surface area contributed by atoms with Gasteiger partial charge in [0, 0.05) is 34.6 Å². The van der Waals surface area contributed by atoms with Gasteiger partial charge in [0.2, 0.25) is 0 Å². The molecule has 0 saturated heterocycles. The molecule has 4 aliphatic rings. The maximum absolute atomic E-state index is 5.71. The van der Waals surface area contributed by atoms with E-state index >= 15 is 0 Å². The molecule has 204 valence electrons. The number of allylic oxidation sites excluding steroid dienone is 4. The fourth-order valence-electron chi connectivity index (χ4n) is 4.02. The summed E-state index contributed by atoms with van der Waals surface area (Å²) >= 11 is 3.34. The van der Waals surface area contributed by atoms with Crippen molar-refractivity contribution in [2.24, 2.45) is 0 Å². The van der Waals surface area contributed by atoms with Crippen LogP contribution >= 0.6 is 23.9 Å². The van der Waals surface area contributed by atoms with Crippen molar-refractivity contribution in [1.82, 2.24) is 18.4 Å². The van der Waals surface area contributed by atoms with Gasteiger partial charge in [0.15, 0.2) is 0 Å². The van der Waals surface area contributed by atoms with Gasteiger partial charge in [0.1, 0.15) is 11.5 Å². The van der Waals surface area contributed by atoms with Crippen molar-refractivity contribution in [3.63, 3.8) is 0 Å². The fraction of sp³-hybridized carbons (Fsp3) is 0.214. The van der Waals surface area contributed by atoms with E-state index in [4.69, 9.17) is 9.47 Å². The first kappa shape index (κ1) is 29.0. The molecular formula is C28H30FeN6O2S2. The van der Waals surface area contributed by atoms with E-state index in [0.29, 0.717) is 11.8 Å². The van der Waals surface area contributed by atoms with Crippen molar-refractivity contribution in [2.75, 3.05) is 12.5 Å². The van der Waals surface area contributed by atoms with E-state index in [1.807, 2.05) is 84.1 Å². The maximum atomic E-state index is 5.71. The summed E-state index contributed by atoms with van der Waals surface area (Å²) in [5.74, 6) is 2.86. The van der Waals surface area contributed by atoms with Crippen molar-refractivity contribution in [3.8, 4) is 11.5 Å². The Kier molecular flexibility index (Phi) is 9.27. The van der Waals surface area contributed by atoms with Crippen LogP contribution in [0.25, 0.3) is 10.6 Å². The number of fused-ring (bicyclic) bond motifs is 2. The number of nitrogens with zero attached hydrogens (tertiary/aromatic N) is 6. The van der Waals surface area contributed by atoms with Crippen molar-refractivity contribution in [2.45, 2.75) is 27.7 Å². The van der Waals surface area contributed by atoms with Crippen molar-refractivity contribution in [1.29, 1.82) is 0 Å². The first-order valence-electron chi connectivity index (χ1n) is 12.1. The Hall–Kier alpha value is -2.98. The smallest absolute Gasteiger partial charge is 0.623 e. The van der Waals surface area contributed by atoms with Gasteiger partial charge in [-0.15, -0.1) is 13.3 Å². The molecule has 39 heavy (non-hydrogen) atoms. The zero-order valence-corrected chi connectivity index (χ0v) is 25.3. The summed E-state index contributed by atoms with van der Waals surface area (Å²) < 4.78 is 15.7. The van der Waals surface area contributed by atoms with E-state index < -0.39 is 0 Å². The van der Waals surface area contributed by atoms with Gasteiger partial charge >= 0.3 is 17.1 Å². The van der Waals surface area contributed by atoms with Gasteiger partial charge in [-0.05, 0) is 64.7 Å². The molecule has 0 bridgehead atoms. The second-order valence-corrected chi connectivity index (χ2v) is 10.2. The summed E-state index contributed by atoms with van der Waals surface area (Å²) in [5, 5.41) is 8.91. The molecule has 4 heterocycles. The maximum Gasteiger partial charge on any atom is 4.00 e. The minimum Gasteiger partial charge on any atom is -0.623 e. The molecule has 0 fully saturated rings. The predicted molar refractivity (Wildman–Crippen MR) is 156 cm³/mol. The van der Waals surface area contributed by atoms with Crippen molar-refractivity contribution < 1.29 is 26.5 Å². The third-order valence-electron chi connectivity index (χ3n) is 6.45. The molecule has 6 rings (SSSR count). The largest absolute Gasteiger partial charge is 4.00 e. The standard InChI is InChI=1S/2C14H15N3OS.Fe/c2*1-10-11(2)17(19-3)9-16(10)8-14-15-12-6-4-5-7-13(12)18-14;/h2*4-9H,1-3H3;/q2*-2;+4/b2*14-8+;. The quantitative estimate of drug-likeness (QED) is 0.197. The average Bonchev–Trinajstić information content (AvgIpc) is 3.66. The molecule has 2 aromatic carbocycles. The zero-order chi connectivity index (χ0) is 26.8. The second-order valence-electron chi connectivity index (χ2n) is 8.70. The third kappa shape index (κ3) is 6.11. The van der Waals surface area contributed by atoms with Gasteiger partial charge in [-0.2, -0.15) is 0 Å². The van der Waals surface area contributed by atoms with E-state index in [1.54, 1.807) is 23.9 Å². The van der Waals surface area contributed by atoms with E-state index in [9.17, 15) is 0 Å². The van der Waals surface area contributed by atoms with E-state index in [1.165, 1.54) is 22.8 Å². The number of rotatable bonds is 4. The molecule has 0 aromatic heterocycles. The van der Waals surface area contributed by atoms with Crippen LogP contribution in [-0.2, 0) is 17.1 Å². The van der Waals surface area contributed by atoms with Gasteiger partial charge in [0.05, 0.1) is 0 Å². The van der Waals surface area contributed by atoms with Crippen LogP contribution in [0, 0.1) is 13.3 Å². The summed E-state index contributed by atoms with van der Waals surface area (Å²) in [6, 6.07) is 15.6. The first-order valence-corrected chi connectivity index (χ1v) is 14.4. The second kappa shape index (κ2) is 12.5. The minimum absolute atomic E-state index is 0. The molecular weight excluding hydrogens is 572 g/mol. The van der Waals surface area contributed by atoms with Crippen LogP contribution in [0.2, 0.25) is 0 Å². The van der Waals surface area contributed by atoms with Crippen LogP contribution in [0.15, 0.2) is 95.5 Å². The zero-order valence-electron chi connectivity index (χ0n) is 22.6. The monoisotopic (exact) mass is 602 g/mol. The summed E-state index contributed by atoms with van der Waals surface area (Å²) in [5.41, 5.74) is 6.56. The molecule has 0 spiro atoms. The van der Waals surface area contributed by atoms with Crippen LogP contribution in [-0.4, -0.2) is 30.9 Å². The molecule has 11 heteroatoms. The Bertz CT molecular complexity index is 1190. The van der Waals surface area contributed by atoms with Crippen LogP contribution in [0.1, 0.15) is 27.7 Å². The van der Waals surface area contributed by atoms with Crippen LogP contribution in [0.5, 0.6) is 11.5 Å². The fourth-order valence-corrected chi connectivity index (χ4v) is 5.23. The van der Waals surface area contributed by atoms with E-state index in [2.05, 4.69) is 59.5 Å². The number of ether oxygens (including phenoxy) is 2. The molecule has 0 unspecified atom stereocenters. The summed E-state index contributed by atoms with van der Waals surface area (Å²) in [6.45, 7) is 12.4. The van der Waals surface area contributed by atoms with Gasteiger partial charge in [-0.1, -0.05) is 71.7 Å². The van der Waals surface area contributed by atoms with Crippen molar-refractivity contribution in [3.05, 3.63) is 119 Å². The SMILES string of the molecule is CSN1[CH-]N(/C=C2\[N-]c3ccccc3O2)C(C)=C1C.CSN1[CH-]N(/C=C2\[N-]c3ccccc3O2)C(C)=C1C.[Fe+4]. The minimum atomic E-state index is 0. The number of hydrogen-bond donors (Lipinski definition) is 0. The van der Waals surface area contributed by atoms with Gasteiger partial charge in [0.25, 0.3) is 0 Å². The van der Waals surface area contributed by atoms with Gasteiger partial charge < -0.3 is 38.5 Å². The summed E-state index contributed by atoms with van der Waals surface area (Å²) in [4.78, 5) is 4.08. The van der Waals surface area contributed by atoms with Crippen LogP contribution in [0.3, 0.4) is 0 Å². The Morgan fingerprint density at radius 2 is 1.03 bits per heavy atom. The Labute approximate surface area is 250 Å². The Morgan fingerprint density at radius 1 is 0.641 bits per heavy atom. The Morgan fingerprint density at radius 3 is 1.36 bits per heavy atom. The van der Waals surface area contributed by atoms with E-state index in [-0.39, 0.29) is 17.1 Å². The molecule has 0 aliphatic carbocycles.